The largest absolute Gasteiger partial charge is 0.310 e. The van der Waals surface area contributed by atoms with Crippen molar-refractivity contribution in [2.24, 2.45) is 5.92 Å². The van der Waals surface area contributed by atoms with Crippen molar-refractivity contribution in [2.75, 3.05) is 6.54 Å². The van der Waals surface area contributed by atoms with Gasteiger partial charge in [0.05, 0.1) is 12.6 Å². The number of nitrogens with zero attached hydrogens (tertiary/aromatic N) is 4. The van der Waals surface area contributed by atoms with Crippen LogP contribution in [-0.4, -0.2) is 26.8 Å². The van der Waals surface area contributed by atoms with E-state index in [1.807, 2.05) is 4.68 Å². The second-order valence-corrected chi connectivity index (χ2v) is 4.00. The van der Waals surface area contributed by atoms with Crippen molar-refractivity contribution >= 4 is 0 Å². The second-order valence-electron chi connectivity index (χ2n) is 4.00. The molecule has 1 N–H and O–H groups in total. The number of tetrazole rings is 1. The van der Waals surface area contributed by atoms with Gasteiger partial charge in [0.25, 0.3) is 0 Å². The van der Waals surface area contributed by atoms with Gasteiger partial charge in [0.1, 0.15) is 0 Å². The molecule has 1 aliphatic carbocycles. The van der Waals surface area contributed by atoms with Gasteiger partial charge in [0.2, 0.25) is 0 Å². The number of aromatic nitrogens is 4. The maximum atomic E-state index is 4.02. The lowest BCUT2D eigenvalue weighted by Gasteiger charge is -2.03. The summed E-state index contributed by atoms with van der Waals surface area (Å²) in [5.74, 6) is 1.70. The van der Waals surface area contributed by atoms with Gasteiger partial charge in [-0.2, -0.15) is 0 Å². The lowest BCUT2D eigenvalue weighted by atomic mass is 10.4. The fourth-order valence-electron chi connectivity index (χ4n) is 1.61. The molecular weight excluding hydrogens is 178 g/mol. The first-order valence-corrected chi connectivity index (χ1v) is 5.30. The molecule has 0 amide bonds. The third kappa shape index (κ3) is 1.92. The summed E-state index contributed by atoms with van der Waals surface area (Å²) in [6.07, 6.45) is 2.35. The van der Waals surface area contributed by atoms with Crippen LogP contribution < -0.4 is 5.32 Å². The average molecular weight is 195 g/mol. The lowest BCUT2D eigenvalue weighted by molar-refractivity contribution is 0.533. The lowest BCUT2D eigenvalue weighted by Crippen LogP contribution is -2.18. The predicted octanol–water partition coefficient (Wildman–Crippen LogP) is 0.754. The molecule has 2 atom stereocenters. The van der Waals surface area contributed by atoms with Crippen LogP contribution in [0.15, 0.2) is 0 Å². The van der Waals surface area contributed by atoms with Gasteiger partial charge in [-0.15, -0.1) is 5.10 Å². The number of nitrogens with one attached hydrogen (secondary N) is 1. The molecule has 5 heteroatoms. The Morgan fingerprint density at radius 2 is 2.36 bits per heavy atom. The first-order valence-electron chi connectivity index (χ1n) is 5.30. The Hall–Kier alpha value is -0.970. The highest BCUT2D eigenvalue weighted by Gasteiger charge is 2.36. The first kappa shape index (κ1) is 9.58. The third-order valence-corrected chi connectivity index (χ3v) is 2.65. The molecule has 78 valence electrons. The van der Waals surface area contributed by atoms with Gasteiger partial charge in [-0.3, -0.25) is 0 Å². The normalized spacial score (nSPS) is 25.3. The van der Waals surface area contributed by atoms with Crippen LogP contribution in [-0.2, 0) is 6.54 Å². The molecule has 1 aromatic heterocycles. The Balaban J connectivity index is 1.93. The molecule has 1 aromatic rings. The molecule has 0 aromatic carbocycles. The molecule has 1 heterocycles. The standard InChI is InChI=1S/C9H17N5/c1-3-4-10-6-9-11-12-13-14(9)8-5-7(8)2/h7-8,10H,3-6H2,1-2H3. The highest BCUT2D eigenvalue weighted by Crippen LogP contribution is 2.42. The van der Waals surface area contributed by atoms with E-state index in [2.05, 4.69) is 34.7 Å². The Morgan fingerprint density at radius 1 is 1.57 bits per heavy atom. The predicted molar refractivity (Wildman–Crippen MR) is 52.6 cm³/mol. The van der Waals surface area contributed by atoms with Gasteiger partial charge in [-0.25, -0.2) is 4.68 Å². The fourth-order valence-corrected chi connectivity index (χ4v) is 1.61. The van der Waals surface area contributed by atoms with Crippen molar-refractivity contribution in [2.45, 2.75) is 39.3 Å². The third-order valence-electron chi connectivity index (χ3n) is 2.65. The molecule has 1 saturated carbocycles. The number of hydrogen-bond donors (Lipinski definition) is 1. The first-order chi connectivity index (χ1) is 6.83. The maximum absolute atomic E-state index is 4.02. The minimum absolute atomic E-state index is 0.545. The summed E-state index contributed by atoms with van der Waals surface area (Å²) < 4.78 is 1.97. The summed E-state index contributed by atoms with van der Waals surface area (Å²) in [5.41, 5.74) is 0. The van der Waals surface area contributed by atoms with Crippen molar-refractivity contribution in [1.82, 2.24) is 25.5 Å². The van der Waals surface area contributed by atoms with Gasteiger partial charge >= 0.3 is 0 Å². The molecule has 0 aliphatic heterocycles. The Kier molecular flexibility index (Phi) is 2.77. The summed E-state index contributed by atoms with van der Waals surface area (Å²) in [5, 5.41) is 15.1. The minimum Gasteiger partial charge on any atom is -0.310 e. The van der Waals surface area contributed by atoms with Crippen molar-refractivity contribution < 1.29 is 0 Å². The highest BCUT2D eigenvalue weighted by molar-refractivity contribution is 4.93. The van der Waals surface area contributed by atoms with Crippen LogP contribution in [0.1, 0.15) is 38.6 Å². The molecule has 2 unspecified atom stereocenters. The highest BCUT2D eigenvalue weighted by atomic mass is 15.6. The maximum Gasteiger partial charge on any atom is 0.165 e. The van der Waals surface area contributed by atoms with Crippen molar-refractivity contribution in [3.05, 3.63) is 5.82 Å². The smallest absolute Gasteiger partial charge is 0.165 e. The van der Waals surface area contributed by atoms with Crippen LogP contribution in [0.4, 0.5) is 0 Å². The van der Waals surface area contributed by atoms with Gasteiger partial charge < -0.3 is 5.32 Å². The molecule has 14 heavy (non-hydrogen) atoms. The summed E-state index contributed by atoms with van der Waals surface area (Å²) in [4.78, 5) is 0. The van der Waals surface area contributed by atoms with Crippen LogP contribution in [0.5, 0.6) is 0 Å². The zero-order chi connectivity index (χ0) is 9.97. The molecule has 2 rings (SSSR count). The van der Waals surface area contributed by atoms with Crippen LogP contribution in [0, 0.1) is 5.92 Å². The Morgan fingerprint density at radius 3 is 3.00 bits per heavy atom. The summed E-state index contributed by atoms with van der Waals surface area (Å²) in [6.45, 7) is 6.19. The van der Waals surface area contributed by atoms with E-state index in [9.17, 15) is 0 Å². The van der Waals surface area contributed by atoms with Crippen LogP contribution in [0.2, 0.25) is 0 Å². The zero-order valence-electron chi connectivity index (χ0n) is 8.77. The van der Waals surface area contributed by atoms with Gasteiger partial charge in [-0.05, 0) is 35.7 Å². The van der Waals surface area contributed by atoms with E-state index in [-0.39, 0.29) is 0 Å². The van der Waals surface area contributed by atoms with Gasteiger partial charge in [0, 0.05) is 0 Å². The summed E-state index contributed by atoms with van der Waals surface area (Å²) >= 11 is 0. The average Bonchev–Trinajstić information content (AvgIpc) is 2.73. The number of hydrogen-bond acceptors (Lipinski definition) is 4. The molecule has 1 fully saturated rings. The van der Waals surface area contributed by atoms with Crippen LogP contribution in [0.3, 0.4) is 0 Å². The van der Waals surface area contributed by atoms with E-state index in [4.69, 9.17) is 0 Å². The van der Waals surface area contributed by atoms with E-state index in [1.165, 1.54) is 6.42 Å². The van der Waals surface area contributed by atoms with Crippen molar-refractivity contribution in [1.29, 1.82) is 0 Å². The molecule has 0 bridgehead atoms. The van der Waals surface area contributed by atoms with Gasteiger partial charge in [0.15, 0.2) is 5.82 Å². The second kappa shape index (κ2) is 4.04. The van der Waals surface area contributed by atoms with Crippen molar-refractivity contribution in [3.8, 4) is 0 Å². The molecule has 5 nitrogen and oxygen atoms in total. The Labute approximate surface area is 83.9 Å². The van der Waals surface area contributed by atoms with E-state index < -0.39 is 0 Å². The van der Waals surface area contributed by atoms with Crippen molar-refractivity contribution in [3.63, 3.8) is 0 Å². The summed E-state index contributed by atoms with van der Waals surface area (Å²) in [7, 11) is 0. The number of rotatable bonds is 5. The molecule has 1 aliphatic rings. The molecule has 0 saturated heterocycles. The topological polar surface area (TPSA) is 55.6 Å². The molecule has 0 radical (unpaired) electrons. The van der Waals surface area contributed by atoms with E-state index >= 15 is 0 Å². The molecule has 0 spiro atoms. The molecular formula is C9H17N5. The van der Waals surface area contributed by atoms with E-state index in [0.29, 0.717) is 6.04 Å². The van der Waals surface area contributed by atoms with Gasteiger partial charge in [-0.1, -0.05) is 13.8 Å². The summed E-state index contributed by atoms with van der Waals surface area (Å²) in [6, 6.07) is 0.545. The zero-order valence-corrected chi connectivity index (χ0v) is 8.77. The van der Waals surface area contributed by atoms with E-state index in [1.54, 1.807) is 0 Å². The monoisotopic (exact) mass is 195 g/mol. The van der Waals surface area contributed by atoms with Crippen LogP contribution >= 0.6 is 0 Å². The van der Waals surface area contributed by atoms with Crippen LogP contribution in [0.25, 0.3) is 0 Å². The fraction of sp³-hybridized carbons (Fsp3) is 0.889. The quantitative estimate of drug-likeness (QED) is 0.704. The van der Waals surface area contributed by atoms with E-state index in [0.717, 1.165) is 31.3 Å². The SMILES string of the molecule is CCCNCc1nnnn1C1CC1C. The Bertz CT molecular complexity index is 295. The minimum atomic E-state index is 0.545.